The lowest BCUT2D eigenvalue weighted by Crippen LogP contribution is -2.20. The highest BCUT2D eigenvalue weighted by Crippen LogP contribution is 2.28. The number of nitrogens with zero attached hydrogens (tertiary/aromatic N) is 1. The molecule has 0 spiro atoms. The number of carbonyl (C=O) groups excluding carboxylic acids is 1. The molecule has 2 rings (SSSR count). The molecule has 0 saturated carbocycles. The van der Waals surface area contributed by atoms with Crippen LogP contribution in [0.1, 0.15) is 23.2 Å². The van der Waals surface area contributed by atoms with Gasteiger partial charge in [-0.05, 0) is 42.4 Å². The maximum atomic E-state index is 11.2. The zero-order chi connectivity index (χ0) is 14.5. The minimum Gasteiger partial charge on any atom is -0.379 e. The van der Waals surface area contributed by atoms with Gasteiger partial charge in [-0.15, -0.1) is 0 Å². The van der Waals surface area contributed by atoms with Crippen LogP contribution in [0.25, 0.3) is 0 Å². The summed E-state index contributed by atoms with van der Waals surface area (Å²) in [6.07, 6.45) is 2.22. The van der Waals surface area contributed by atoms with Gasteiger partial charge in [-0.2, -0.15) is 11.8 Å². The predicted molar refractivity (Wildman–Crippen MR) is 80.2 cm³/mol. The summed E-state index contributed by atoms with van der Waals surface area (Å²) in [7, 11) is 0. The first-order chi connectivity index (χ1) is 9.58. The Labute approximate surface area is 121 Å². The van der Waals surface area contributed by atoms with E-state index in [-0.39, 0.29) is 11.3 Å². The van der Waals surface area contributed by atoms with E-state index in [4.69, 9.17) is 5.73 Å². The Hall–Kier alpha value is -1.76. The third-order valence-electron chi connectivity index (χ3n) is 3.40. The first-order valence-corrected chi connectivity index (χ1v) is 7.63. The van der Waals surface area contributed by atoms with Crippen molar-refractivity contribution in [1.82, 2.24) is 0 Å². The van der Waals surface area contributed by atoms with E-state index in [1.807, 2.05) is 11.8 Å². The number of nitro benzene ring substituents is 1. The molecule has 1 aromatic rings. The Morgan fingerprint density at radius 2 is 2.15 bits per heavy atom. The molecule has 1 aliphatic rings. The molecule has 20 heavy (non-hydrogen) atoms. The predicted octanol–water partition coefficient (Wildman–Crippen LogP) is 2.25. The van der Waals surface area contributed by atoms with Crippen LogP contribution in [-0.2, 0) is 0 Å². The van der Waals surface area contributed by atoms with Crippen molar-refractivity contribution in [3.63, 3.8) is 0 Å². The Bertz CT molecular complexity index is 516. The normalized spacial score (nSPS) is 15.8. The SMILES string of the molecule is NC(=O)c1ccc([N+](=O)[O-])c(NCC2CCSCC2)c1. The minimum atomic E-state index is -0.586. The van der Waals surface area contributed by atoms with Gasteiger partial charge >= 0.3 is 0 Å². The molecule has 1 heterocycles. The number of rotatable bonds is 5. The monoisotopic (exact) mass is 295 g/mol. The molecule has 3 N–H and O–H groups in total. The topological polar surface area (TPSA) is 98.3 Å². The summed E-state index contributed by atoms with van der Waals surface area (Å²) < 4.78 is 0. The van der Waals surface area contributed by atoms with Gasteiger partial charge < -0.3 is 11.1 Å². The Kier molecular flexibility index (Phi) is 4.84. The van der Waals surface area contributed by atoms with Gasteiger partial charge in [0.15, 0.2) is 0 Å². The second kappa shape index (κ2) is 6.60. The molecule has 0 atom stereocenters. The number of primary amides is 1. The molecule has 1 fully saturated rings. The fourth-order valence-corrected chi connectivity index (χ4v) is 3.40. The highest BCUT2D eigenvalue weighted by molar-refractivity contribution is 7.99. The van der Waals surface area contributed by atoms with Crippen LogP contribution in [-0.4, -0.2) is 28.9 Å². The first kappa shape index (κ1) is 14.6. The van der Waals surface area contributed by atoms with Crippen LogP contribution >= 0.6 is 11.8 Å². The molecule has 0 unspecified atom stereocenters. The van der Waals surface area contributed by atoms with Gasteiger partial charge in [0, 0.05) is 18.2 Å². The zero-order valence-corrected chi connectivity index (χ0v) is 11.8. The highest BCUT2D eigenvalue weighted by atomic mass is 32.2. The third-order valence-corrected chi connectivity index (χ3v) is 4.45. The number of hydrogen-bond acceptors (Lipinski definition) is 5. The molecule has 1 aromatic carbocycles. The minimum absolute atomic E-state index is 0.0276. The summed E-state index contributed by atoms with van der Waals surface area (Å²) in [6.45, 7) is 0.684. The van der Waals surface area contributed by atoms with Crippen molar-refractivity contribution in [1.29, 1.82) is 0 Å². The lowest BCUT2D eigenvalue weighted by atomic mass is 10.0. The number of hydrogen-bond donors (Lipinski definition) is 2. The molecule has 6 nitrogen and oxygen atoms in total. The summed E-state index contributed by atoms with van der Waals surface area (Å²) in [5, 5.41) is 14.1. The lowest BCUT2D eigenvalue weighted by molar-refractivity contribution is -0.384. The van der Waals surface area contributed by atoms with Crippen LogP contribution in [0.4, 0.5) is 11.4 Å². The van der Waals surface area contributed by atoms with Gasteiger partial charge in [-0.1, -0.05) is 0 Å². The number of nitro groups is 1. The van der Waals surface area contributed by atoms with Crippen molar-refractivity contribution < 1.29 is 9.72 Å². The van der Waals surface area contributed by atoms with Gasteiger partial charge in [0.2, 0.25) is 5.91 Å². The van der Waals surface area contributed by atoms with E-state index in [0.29, 0.717) is 18.2 Å². The van der Waals surface area contributed by atoms with Crippen LogP contribution in [0.3, 0.4) is 0 Å². The summed E-state index contributed by atoms with van der Waals surface area (Å²) in [6, 6.07) is 4.15. The number of amides is 1. The molecule has 0 aromatic heterocycles. The molecule has 1 aliphatic heterocycles. The largest absolute Gasteiger partial charge is 0.379 e. The molecular weight excluding hydrogens is 278 g/mol. The molecule has 7 heteroatoms. The number of thioether (sulfide) groups is 1. The van der Waals surface area contributed by atoms with Crippen LogP contribution < -0.4 is 11.1 Å². The Morgan fingerprint density at radius 3 is 2.75 bits per heavy atom. The van der Waals surface area contributed by atoms with Crippen molar-refractivity contribution in [2.24, 2.45) is 11.7 Å². The maximum Gasteiger partial charge on any atom is 0.292 e. The van der Waals surface area contributed by atoms with Crippen LogP contribution in [0.2, 0.25) is 0 Å². The summed E-state index contributed by atoms with van der Waals surface area (Å²) >= 11 is 1.94. The summed E-state index contributed by atoms with van der Waals surface area (Å²) in [5.74, 6) is 2.20. The zero-order valence-electron chi connectivity index (χ0n) is 11.0. The molecule has 108 valence electrons. The molecule has 0 bridgehead atoms. The van der Waals surface area contributed by atoms with Crippen molar-refractivity contribution >= 4 is 29.0 Å². The van der Waals surface area contributed by atoms with Gasteiger partial charge in [-0.3, -0.25) is 14.9 Å². The van der Waals surface area contributed by atoms with Gasteiger partial charge in [0.25, 0.3) is 5.69 Å². The van der Waals surface area contributed by atoms with Crippen molar-refractivity contribution in [3.8, 4) is 0 Å². The van der Waals surface area contributed by atoms with Crippen LogP contribution in [0.5, 0.6) is 0 Å². The molecule has 0 aliphatic carbocycles. The van der Waals surface area contributed by atoms with E-state index in [9.17, 15) is 14.9 Å². The van der Waals surface area contributed by atoms with Gasteiger partial charge in [0.1, 0.15) is 5.69 Å². The molecular formula is C13H17N3O3S. The fourth-order valence-electron chi connectivity index (χ4n) is 2.19. The average molecular weight is 295 g/mol. The lowest BCUT2D eigenvalue weighted by Gasteiger charge is -2.22. The van der Waals surface area contributed by atoms with Crippen LogP contribution in [0, 0.1) is 16.0 Å². The van der Waals surface area contributed by atoms with E-state index in [0.717, 1.165) is 24.3 Å². The average Bonchev–Trinajstić information content (AvgIpc) is 2.45. The number of nitrogens with one attached hydrogen (secondary N) is 1. The maximum absolute atomic E-state index is 11.2. The van der Waals surface area contributed by atoms with E-state index in [1.54, 1.807) is 0 Å². The quantitative estimate of drug-likeness (QED) is 0.641. The highest BCUT2D eigenvalue weighted by Gasteiger charge is 2.18. The van der Waals surface area contributed by atoms with E-state index in [2.05, 4.69) is 5.32 Å². The van der Waals surface area contributed by atoms with Crippen molar-refractivity contribution in [2.45, 2.75) is 12.8 Å². The first-order valence-electron chi connectivity index (χ1n) is 6.48. The summed E-state index contributed by atoms with van der Waals surface area (Å²) in [5.41, 5.74) is 5.82. The number of nitrogens with two attached hydrogens (primary N) is 1. The van der Waals surface area contributed by atoms with Crippen LogP contribution in [0.15, 0.2) is 18.2 Å². The molecule has 1 saturated heterocycles. The second-order valence-electron chi connectivity index (χ2n) is 4.79. The Morgan fingerprint density at radius 1 is 1.45 bits per heavy atom. The number of benzene rings is 1. The second-order valence-corrected chi connectivity index (χ2v) is 6.01. The van der Waals surface area contributed by atoms with E-state index < -0.39 is 10.8 Å². The van der Waals surface area contributed by atoms with Crippen molar-refractivity contribution in [2.75, 3.05) is 23.4 Å². The fraction of sp³-hybridized carbons (Fsp3) is 0.462. The standard InChI is InChI=1S/C13H17N3O3S/c14-13(17)10-1-2-12(16(18)19)11(7-10)15-8-9-3-5-20-6-4-9/h1-2,7,9,15H,3-6,8H2,(H2,14,17). The van der Waals surface area contributed by atoms with E-state index >= 15 is 0 Å². The van der Waals surface area contributed by atoms with E-state index in [1.165, 1.54) is 18.2 Å². The smallest absolute Gasteiger partial charge is 0.292 e. The van der Waals surface area contributed by atoms with Gasteiger partial charge in [-0.25, -0.2) is 0 Å². The number of carbonyl (C=O) groups is 1. The molecule has 1 amide bonds. The summed E-state index contributed by atoms with van der Waals surface area (Å²) in [4.78, 5) is 21.7. The molecule has 0 radical (unpaired) electrons. The Balaban J connectivity index is 2.12. The third kappa shape index (κ3) is 3.63. The number of anilines is 1. The van der Waals surface area contributed by atoms with Crippen molar-refractivity contribution in [3.05, 3.63) is 33.9 Å². The van der Waals surface area contributed by atoms with Gasteiger partial charge in [0.05, 0.1) is 4.92 Å².